The molecule has 13 heavy (non-hydrogen) atoms. The van der Waals surface area contributed by atoms with Crippen LogP contribution in [0.4, 0.5) is 0 Å². The molecule has 0 amide bonds. The van der Waals surface area contributed by atoms with Crippen molar-refractivity contribution in [1.29, 1.82) is 0 Å². The van der Waals surface area contributed by atoms with E-state index < -0.39 is 0 Å². The first kappa shape index (κ1) is 9.06. The van der Waals surface area contributed by atoms with Gasteiger partial charge < -0.3 is 4.84 Å². The van der Waals surface area contributed by atoms with E-state index in [1.165, 1.54) is 16.0 Å². The Hall–Kier alpha value is -0.510. The zero-order valence-corrected chi connectivity index (χ0v) is 8.43. The van der Waals surface area contributed by atoms with Crippen LogP contribution in [-0.2, 0) is 4.84 Å². The molecule has 2 N–H and O–H groups in total. The summed E-state index contributed by atoms with van der Waals surface area (Å²) < 4.78 is 0. The lowest BCUT2D eigenvalue weighted by molar-refractivity contribution is 0.127. The van der Waals surface area contributed by atoms with E-state index in [4.69, 9.17) is 10.7 Å². The molecule has 1 aliphatic heterocycles. The summed E-state index contributed by atoms with van der Waals surface area (Å²) in [5, 5.41) is 0. The lowest BCUT2D eigenvalue weighted by atomic mass is 9.97. The molecule has 0 saturated heterocycles. The molecular formula is C10H13NOS. The minimum absolute atomic E-state index is 0.478. The zero-order chi connectivity index (χ0) is 9.26. The number of hydrogen-bond donors (Lipinski definition) is 1. The van der Waals surface area contributed by atoms with Crippen LogP contribution in [0.1, 0.15) is 17.0 Å². The number of thioether (sulfide) groups is 1. The van der Waals surface area contributed by atoms with Gasteiger partial charge >= 0.3 is 0 Å². The van der Waals surface area contributed by atoms with Crippen LogP contribution < -0.4 is 5.90 Å². The third kappa shape index (κ3) is 1.59. The van der Waals surface area contributed by atoms with E-state index in [9.17, 15) is 0 Å². The fourth-order valence-electron chi connectivity index (χ4n) is 1.82. The van der Waals surface area contributed by atoms with Gasteiger partial charge in [-0.15, -0.1) is 11.8 Å². The molecule has 1 unspecified atom stereocenters. The first-order valence-corrected chi connectivity index (χ1v) is 5.35. The van der Waals surface area contributed by atoms with Crippen molar-refractivity contribution in [3.8, 4) is 0 Å². The van der Waals surface area contributed by atoms with Gasteiger partial charge in [-0.3, -0.25) is 0 Å². The van der Waals surface area contributed by atoms with E-state index in [2.05, 4.69) is 25.1 Å². The maximum absolute atomic E-state index is 5.11. The number of hydrogen-bond acceptors (Lipinski definition) is 3. The molecular weight excluding hydrogens is 182 g/mol. The molecule has 1 heterocycles. The second-order valence-electron chi connectivity index (χ2n) is 3.33. The van der Waals surface area contributed by atoms with Crippen LogP contribution in [0.25, 0.3) is 0 Å². The third-order valence-corrected chi connectivity index (χ3v) is 3.67. The molecule has 0 aliphatic carbocycles. The number of aryl methyl sites for hydroxylation is 1. The second-order valence-corrected chi connectivity index (χ2v) is 4.39. The Morgan fingerprint density at radius 3 is 3.23 bits per heavy atom. The van der Waals surface area contributed by atoms with Crippen molar-refractivity contribution >= 4 is 11.8 Å². The zero-order valence-electron chi connectivity index (χ0n) is 7.62. The number of benzene rings is 1. The standard InChI is InChI=1S/C10H13NOS/c1-7-3-2-4-9-10(7)8(5-12-11)6-13-9/h2-4,8H,5-6,11H2,1H3. The summed E-state index contributed by atoms with van der Waals surface area (Å²) in [6.07, 6.45) is 0. The maximum atomic E-state index is 5.11. The number of nitrogens with two attached hydrogens (primary N) is 1. The van der Waals surface area contributed by atoms with Crippen LogP contribution in [0.5, 0.6) is 0 Å². The van der Waals surface area contributed by atoms with Crippen LogP contribution in [0.3, 0.4) is 0 Å². The van der Waals surface area contributed by atoms with Gasteiger partial charge in [-0.2, -0.15) is 0 Å². The second kappa shape index (κ2) is 3.70. The van der Waals surface area contributed by atoms with Crippen molar-refractivity contribution in [3.05, 3.63) is 29.3 Å². The highest BCUT2D eigenvalue weighted by atomic mass is 32.2. The topological polar surface area (TPSA) is 35.2 Å². The predicted octanol–water partition coefficient (Wildman–Crippen LogP) is 2.07. The van der Waals surface area contributed by atoms with Gasteiger partial charge in [0.15, 0.2) is 0 Å². The highest BCUT2D eigenvalue weighted by molar-refractivity contribution is 7.99. The van der Waals surface area contributed by atoms with Crippen LogP contribution in [0.15, 0.2) is 23.1 Å². The molecule has 1 aliphatic rings. The summed E-state index contributed by atoms with van der Waals surface area (Å²) in [6, 6.07) is 6.42. The van der Waals surface area contributed by atoms with Crippen LogP contribution in [0.2, 0.25) is 0 Å². The van der Waals surface area contributed by atoms with Gasteiger partial charge in [-0.1, -0.05) is 12.1 Å². The molecule has 0 saturated carbocycles. The van der Waals surface area contributed by atoms with Gasteiger partial charge in [0.2, 0.25) is 0 Å². The lowest BCUT2D eigenvalue weighted by Gasteiger charge is -2.10. The minimum atomic E-state index is 0.478. The van der Waals surface area contributed by atoms with Crippen molar-refractivity contribution in [1.82, 2.24) is 0 Å². The minimum Gasteiger partial charge on any atom is -0.304 e. The van der Waals surface area contributed by atoms with Crippen molar-refractivity contribution in [2.75, 3.05) is 12.4 Å². The number of rotatable bonds is 2. The average Bonchev–Trinajstić information content (AvgIpc) is 2.51. The van der Waals surface area contributed by atoms with Crippen molar-refractivity contribution in [3.63, 3.8) is 0 Å². The van der Waals surface area contributed by atoms with Crippen LogP contribution in [-0.4, -0.2) is 12.4 Å². The third-order valence-electron chi connectivity index (χ3n) is 2.43. The Morgan fingerprint density at radius 1 is 1.62 bits per heavy atom. The Kier molecular flexibility index (Phi) is 2.58. The van der Waals surface area contributed by atoms with Crippen LogP contribution in [0, 0.1) is 6.92 Å². The summed E-state index contributed by atoms with van der Waals surface area (Å²) in [7, 11) is 0. The summed E-state index contributed by atoms with van der Waals surface area (Å²) in [6.45, 7) is 2.78. The largest absolute Gasteiger partial charge is 0.304 e. The van der Waals surface area contributed by atoms with E-state index >= 15 is 0 Å². The van der Waals surface area contributed by atoms with Gasteiger partial charge in [0.05, 0.1) is 6.61 Å². The Morgan fingerprint density at radius 2 is 2.46 bits per heavy atom. The molecule has 70 valence electrons. The highest BCUT2D eigenvalue weighted by Crippen LogP contribution is 2.41. The first-order valence-electron chi connectivity index (χ1n) is 4.37. The Labute approximate surface area is 82.4 Å². The van der Waals surface area contributed by atoms with E-state index in [0.717, 1.165) is 5.75 Å². The van der Waals surface area contributed by atoms with Gasteiger partial charge in [-0.25, -0.2) is 5.90 Å². The van der Waals surface area contributed by atoms with E-state index in [0.29, 0.717) is 12.5 Å². The van der Waals surface area contributed by atoms with Crippen molar-refractivity contribution < 1.29 is 4.84 Å². The summed E-state index contributed by atoms with van der Waals surface area (Å²) in [5.41, 5.74) is 2.78. The quantitative estimate of drug-likeness (QED) is 0.734. The van der Waals surface area contributed by atoms with E-state index in [1.807, 2.05) is 11.8 Å². The smallest absolute Gasteiger partial charge is 0.0756 e. The molecule has 3 heteroatoms. The first-order chi connectivity index (χ1) is 6.33. The molecule has 1 aromatic rings. The lowest BCUT2D eigenvalue weighted by Crippen LogP contribution is -2.11. The molecule has 1 aromatic carbocycles. The summed E-state index contributed by atoms with van der Waals surface area (Å²) >= 11 is 1.89. The fraction of sp³-hybridized carbons (Fsp3) is 0.400. The predicted molar refractivity (Wildman–Crippen MR) is 54.8 cm³/mol. The van der Waals surface area contributed by atoms with Gasteiger partial charge in [0.25, 0.3) is 0 Å². The van der Waals surface area contributed by atoms with Gasteiger partial charge in [0, 0.05) is 16.6 Å². The molecule has 2 rings (SSSR count). The van der Waals surface area contributed by atoms with E-state index in [1.54, 1.807) is 0 Å². The molecule has 1 atom stereocenters. The normalized spacial score (nSPS) is 20.3. The maximum Gasteiger partial charge on any atom is 0.0756 e. The molecule has 0 aromatic heterocycles. The molecule has 2 nitrogen and oxygen atoms in total. The Balaban J connectivity index is 2.34. The molecule has 0 spiro atoms. The van der Waals surface area contributed by atoms with E-state index in [-0.39, 0.29) is 0 Å². The molecule has 0 bridgehead atoms. The fourth-order valence-corrected chi connectivity index (χ4v) is 3.13. The summed E-state index contributed by atoms with van der Waals surface area (Å²) in [4.78, 5) is 6.12. The Bertz CT molecular complexity index is 312. The van der Waals surface area contributed by atoms with Crippen LogP contribution >= 0.6 is 11.8 Å². The molecule has 0 radical (unpaired) electrons. The van der Waals surface area contributed by atoms with Gasteiger partial charge in [0.1, 0.15) is 0 Å². The highest BCUT2D eigenvalue weighted by Gasteiger charge is 2.24. The number of fused-ring (bicyclic) bond motifs is 1. The molecule has 0 fully saturated rings. The van der Waals surface area contributed by atoms with Crippen molar-refractivity contribution in [2.45, 2.75) is 17.7 Å². The SMILES string of the molecule is Cc1cccc2c1C(CON)CS2. The average molecular weight is 195 g/mol. The monoisotopic (exact) mass is 195 g/mol. The van der Waals surface area contributed by atoms with Gasteiger partial charge in [-0.05, 0) is 24.1 Å². The van der Waals surface area contributed by atoms with Crippen molar-refractivity contribution in [2.24, 2.45) is 5.90 Å². The summed E-state index contributed by atoms with van der Waals surface area (Å²) in [5.74, 6) is 6.68.